The monoisotopic (exact) mass is 127 g/mol. The van der Waals surface area contributed by atoms with Crippen LogP contribution in [0.1, 0.15) is 20.3 Å². The second-order valence-corrected chi connectivity index (χ2v) is 2.71. The molecule has 2 unspecified atom stereocenters. The molecule has 0 aromatic carbocycles. The minimum atomic E-state index is 0.413. The van der Waals surface area contributed by atoms with E-state index < -0.39 is 0 Å². The van der Waals surface area contributed by atoms with Crippen LogP contribution in [0.25, 0.3) is 0 Å². The molecule has 0 aromatic rings. The van der Waals surface area contributed by atoms with Gasteiger partial charge in [-0.05, 0) is 20.3 Å². The van der Waals surface area contributed by atoms with Crippen LogP contribution in [0, 0.1) is 0 Å². The van der Waals surface area contributed by atoms with Crippen molar-refractivity contribution in [2.24, 2.45) is 10.3 Å². The number of rotatable bonds is 0. The van der Waals surface area contributed by atoms with E-state index >= 15 is 0 Å². The largest absolute Gasteiger partial charge is 0.279 e. The lowest BCUT2D eigenvalue weighted by Gasteiger charge is -2.26. The van der Waals surface area contributed by atoms with Crippen LogP contribution in [0.2, 0.25) is 0 Å². The van der Waals surface area contributed by atoms with Gasteiger partial charge in [0.1, 0.15) is 0 Å². The van der Waals surface area contributed by atoms with E-state index in [4.69, 9.17) is 0 Å². The first-order valence-corrected chi connectivity index (χ1v) is 3.33. The second kappa shape index (κ2) is 2.33. The van der Waals surface area contributed by atoms with Gasteiger partial charge in [-0.25, -0.2) is 0 Å². The molecule has 3 heteroatoms. The lowest BCUT2D eigenvalue weighted by atomic mass is 10.1. The van der Waals surface area contributed by atoms with E-state index in [1.165, 1.54) is 0 Å². The Labute approximate surface area is 55.7 Å². The third kappa shape index (κ3) is 1.40. The topological polar surface area (TPSA) is 28.0 Å². The minimum absolute atomic E-state index is 0.413. The van der Waals surface area contributed by atoms with Crippen molar-refractivity contribution in [3.63, 3.8) is 0 Å². The van der Waals surface area contributed by atoms with Crippen molar-refractivity contribution in [2.75, 3.05) is 7.05 Å². The first-order chi connectivity index (χ1) is 4.20. The molecule has 0 aromatic heterocycles. The van der Waals surface area contributed by atoms with Gasteiger partial charge in [0.15, 0.2) is 0 Å². The lowest BCUT2D eigenvalue weighted by molar-refractivity contribution is 0.193. The quantitative estimate of drug-likeness (QED) is 0.484. The summed E-state index contributed by atoms with van der Waals surface area (Å²) in [6, 6.07) is 0.966. The van der Waals surface area contributed by atoms with Gasteiger partial charge in [0.05, 0.1) is 6.04 Å². The maximum atomic E-state index is 4.01. The van der Waals surface area contributed by atoms with Crippen LogP contribution in [-0.4, -0.2) is 24.1 Å². The fourth-order valence-corrected chi connectivity index (χ4v) is 0.951. The van der Waals surface area contributed by atoms with Gasteiger partial charge in [-0.2, -0.15) is 5.11 Å². The molecule has 2 atom stereocenters. The molecular formula is C6H13N3. The Morgan fingerprint density at radius 2 is 2.11 bits per heavy atom. The Morgan fingerprint density at radius 3 is 2.56 bits per heavy atom. The maximum Gasteiger partial charge on any atom is 0.0721 e. The Kier molecular flexibility index (Phi) is 1.69. The second-order valence-electron chi connectivity index (χ2n) is 2.71. The summed E-state index contributed by atoms with van der Waals surface area (Å²) >= 11 is 0. The molecule has 0 saturated heterocycles. The molecule has 0 spiro atoms. The summed E-state index contributed by atoms with van der Waals surface area (Å²) in [5.74, 6) is 0. The predicted octanol–water partition coefficient (Wildman–Crippen LogP) is 1.47. The fourth-order valence-electron chi connectivity index (χ4n) is 0.951. The van der Waals surface area contributed by atoms with E-state index in [1.807, 2.05) is 12.1 Å². The summed E-state index contributed by atoms with van der Waals surface area (Å²) < 4.78 is 0. The van der Waals surface area contributed by atoms with Crippen LogP contribution >= 0.6 is 0 Å². The van der Waals surface area contributed by atoms with Gasteiger partial charge in [-0.15, -0.1) is 0 Å². The van der Waals surface area contributed by atoms with Crippen molar-refractivity contribution in [1.29, 1.82) is 0 Å². The van der Waals surface area contributed by atoms with Crippen molar-refractivity contribution in [3.05, 3.63) is 0 Å². The van der Waals surface area contributed by atoms with Crippen molar-refractivity contribution in [3.8, 4) is 0 Å². The zero-order valence-electron chi connectivity index (χ0n) is 6.20. The standard InChI is InChI=1S/C6H13N3/c1-5-4-6(2)9(3)8-7-5/h5-6H,4H2,1-3H3. The van der Waals surface area contributed by atoms with Crippen LogP contribution in [0.15, 0.2) is 10.3 Å². The first kappa shape index (κ1) is 6.52. The molecule has 0 saturated carbocycles. The average Bonchev–Trinajstić information content (AvgIpc) is 1.80. The maximum absolute atomic E-state index is 4.01. The highest BCUT2D eigenvalue weighted by atomic mass is 15.6. The summed E-state index contributed by atoms with van der Waals surface area (Å²) in [7, 11) is 1.96. The van der Waals surface area contributed by atoms with E-state index in [-0.39, 0.29) is 0 Å². The number of nitrogens with zero attached hydrogens (tertiary/aromatic N) is 3. The molecule has 1 rings (SSSR count). The summed E-state index contributed by atoms with van der Waals surface area (Å²) in [5, 5.41) is 9.87. The molecule has 0 bridgehead atoms. The van der Waals surface area contributed by atoms with Gasteiger partial charge in [0.2, 0.25) is 0 Å². The van der Waals surface area contributed by atoms with Gasteiger partial charge in [0, 0.05) is 13.1 Å². The number of hydrogen-bond acceptors (Lipinski definition) is 3. The molecule has 9 heavy (non-hydrogen) atoms. The third-order valence-electron chi connectivity index (χ3n) is 1.71. The summed E-state index contributed by atoms with van der Waals surface area (Å²) in [6.07, 6.45) is 1.12. The van der Waals surface area contributed by atoms with E-state index in [9.17, 15) is 0 Å². The zero-order chi connectivity index (χ0) is 6.85. The molecule has 3 nitrogen and oxygen atoms in total. The molecule has 0 radical (unpaired) electrons. The Hall–Kier alpha value is -0.600. The van der Waals surface area contributed by atoms with Crippen LogP contribution in [0.3, 0.4) is 0 Å². The smallest absolute Gasteiger partial charge is 0.0721 e. The van der Waals surface area contributed by atoms with Crippen LogP contribution in [0.4, 0.5) is 0 Å². The molecule has 1 aliphatic rings. The van der Waals surface area contributed by atoms with Crippen LogP contribution in [-0.2, 0) is 0 Å². The Bertz CT molecular complexity index is 121. The normalized spacial score (nSPS) is 35.2. The average molecular weight is 127 g/mol. The zero-order valence-corrected chi connectivity index (χ0v) is 6.20. The molecule has 0 fully saturated rings. The van der Waals surface area contributed by atoms with Crippen molar-refractivity contribution >= 4 is 0 Å². The highest BCUT2D eigenvalue weighted by Crippen LogP contribution is 2.13. The molecule has 0 N–H and O–H groups in total. The minimum Gasteiger partial charge on any atom is -0.279 e. The number of hydrogen-bond donors (Lipinski definition) is 0. The Balaban J connectivity index is 2.54. The first-order valence-electron chi connectivity index (χ1n) is 3.33. The van der Waals surface area contributed by atoms with Gasteiger partial charge in [0.25, 0.3) is 0 Å². The van der Waals surface area contributed by atoms with Gasteiger partial charge in [-0.3, -0.25) is 5.01 Å². The van der Waals surface area contributed by atoms with Gasteiger partial charge < -0.3 is 0 Å². The predicted molar refractivity (Wildman–Crippen MR) is 36.2 cm³/mol. The molecular weight excluding hydrogens is 114 g/mol. The molecule has 1 aliphatic heterocycles. The van der Waals surface area contributed by atoms with Gasteiger partial charge >= 0.3 is 0 Å². The molecule has 1 heterocycles. The summed E-state index contributed by atoms with van der Waals surface area (Å²) in [4.78, 5) is 0. The summed E-state index contributed by atoms with van der Waals surface area (Å²) in [6.45, 7) is 4.25. The van der Waals surface area contributed by atoms with E-state index in [0.717, 1.165) is 6.42 Å². The van der Waals surface area contributed by atoms with Crippen LogP contribution in [0.5, 0.6) is 0 Å². The highest BCUT2D eigenvalue weighted by molar-refractivity contribution is 4.70. The SMILES string of the molecule is CC1CC(C)N(C)N=N1. The van der Waals surface area contributed by atoms with Gasteiger partial charge in [-0.1, -0.05) is 5.22 Å². The van der Waals surface area contributed by atoms with E-state index in [0.29, 0.717) is 12.1 Å². The van der Waals surface area contributed by atoms with E-state index in [1.54, 1.807) is 0 Å². The fraction of sp³-hybridized carbons (Fsp3) is 1.00. The van der Waals surface area contributed by atoms with Crippen molar-refractivity contribution < 1.29 is 0 Å². The van der Waals surface area contributed by atoms with Crippen molar-refractivity contribution in [1.82, 2.24) is 5.01 Å². The Morgan fingerprint density at radius 1 is 1.44 bits per heavy atom. The van der Waals surface area contributed by atoms with Crippen molar-refractivity contribution in [2.45, 2.75) is 32.4 Å². The highest BCUT2D eigenvalue weighted by Gasteiger charge is 2.15. The molecule has 0 aliphatic carbocycles. The van der Waals surface area contributed by atoms with E-state index in [2.05, 4.69) is 24.2 Å². The lowest BCUT2D eigenvalue weighted by Crippen LogP contribution is -2.30. The summed E-state index contributed by atoms with van der Waals surface area (Å²) in [5.41, 5.74) is 0. The molecule has 0 amide bonds. The van der Waals surface area contributed by atoms with Crippen LogP contribution < -0.4 is 0 Å². The third-order valence-corrected chi connectivity index (χ3v) is 1.71. The molecule has 52 valence electrons.